The molecule has 1 aliphatic rings. The Morgan fingerprint density at radius 1 is 1.22 bits per heavy atom. The van der Waals surface area contributed by atoms with E-state index in [4.69, 9.17) is 0 Å². The van der Waals surface area contributed by atoms with Gasteiger partial charge in [-0.05, 0) is 17.5 Å². The van der Waals surface area contributed by atoms with E-state index in [9.17, 15) is 9.59 Å². The molecule has 1 atom stereocenters. The molecule has 0 aliphatic heterocycles. The van der Waals surface area contributed by atoms with Crippen LogP contribution in [0.2, 0.25) is 0 Å². The van der Waals surface area contributed by atoms with Gasteiger partial charge in [-0.2, -0.15) is 0 Å². The highest BCUT2D eigenvalue weighted by Gasteiger charge is 2.32. The van der Waals surface area contributed by atoms with E-state index >= 15 is 0 Å². The number of rotatable bonds is 2. The molecule has 1 aliphatic carbocycles. The van der Waals surface area contributed by atoms with Gasteiger partial charge in [0.05, 0.1) is 0 Å². The number of hydrogen-bond donors (Lipinski definition) is 0. The van der Waals surface area contributed by atoms with Gasteiger partial charge in [0.15, 0.2) is 0 Å². The van der Waals surface area contributed by atoms with Gasteiger partial charge in [0, 0.05) is 24.2 Å². The van der Waals surface area contributed by atoms with E-state index in [1.807, 2.05) is 39.0 Å². The molecule has 2 nitrogen and oxygen atoms in total. The van der Waals surface area contributed by atoms with Crippen molar-refractivity contribution in [2.75, 3.05) is 0 Å². The quantitative estimate of drug-likeness (QED) is 0.800. The fourth-order valence-corrected chi connectivity index (χ4v) is 2.42. The van der Waals surface area contributed by atoms with Gasteiger partial charge in [-0.25, -0.2) is 0 Å². The minimum Gasteiger partial charge on any atom is -0.299 e. The van der Waals surface area contributed by atoms with E-state index in [1.54, 1.807) is 0 Å². The maximum atomic E-state index is 12.1. The molecule has 0 spiro atoms. The van der Waals surface area contributed by atoms with Crippen molar-refractivity contribution in [3.63, 3.8) is 0 Å². The van der Waals surface area contributed by atoms with Crippen molar-refractivity contribution in [3.05, 3.63) is 35.4 Å². The summed E-state index contributed by atoms with van der Waals surface area (Å²) in [7, 11) is 0. The third kappa shape index (κ3) is 2.53. The number of ketones is 2. The summed E-state index contributed by atoms with van der Waals surface area (Å²) in [6, 6.07) is 8.01. The first-order chi connectivity index (χ1) is 8.39. The smallest absolute Gasteiger partial charge is 0.141 e. The van der Waals surface area contributed by atoms with E-state index in [2.05, 4.69) is 6.07 Å². The largest absolute Gasteiger partial charge is 0.299 e. The molecule has 0 saturated heterocycles. The van der Waals surface area contributed by atoms with Crippen LogP contribution in [0, 0.1) is 5.41 Å². The van der Waals surface area contributed by atoms with Gasteiger partial charge in [0.25, 0.3) is 0 Å². The maximum Gasteiger partial charge on any atom is 0.141 e. The van der Waals surface area contributed by atoms with Crippen LogP contribution in [0.3, 0.4) is 0 Å². The van der Waals surface area contributed by atoms with Gasteiger partial charge >= 0.3 is 0 Å². The van der Waals surface area contributed by atoms with Crippen molar-refractivity contribution in [2.45, 2.75) is 46.0 Å². The lowest BCUT2D eigenvalue weighted by Gasteiger charge is -2.26. The molecule has 0 fully saturated rings. The topological polar surface area (TPSA) is 34.1 Å². The number of fused-ring (bicyclic) bond motifs is 1. The first kappa shape index (κ1) is 13.0. The summed E-state index contributed by atoms with van der Waals surface area (Å²) in [6.45, 7) is 5.73. The van der Waals surface area contributed by atoms with Crippen molar-refractivity contribution in [3.8, 4) is 0 Å². The van der Waals surface area contributed by atoms with Crippen molar-refractivity contribution in [2.24, 2.45) is 5.41 Å². The molecule has 1 aromatic carbocycles. The molecule has 1 aromatic rings. The fourth-order valence-electron chi connectivity index (χ4n) is 2.42. The molecule has 96 valence electrons. The predicted octanol–water partition coefficient (Wildman–Crippen LogP) is 3.29. The Morgan fingerprint density at radius 2 is 1.89 bits per heavy atom. The van der Waals surface area contributed by atoms with Gasteiger partial charge in [-0.15, -0.1) is 0 Å². The van der Waals surface area contributed by atoms with Gasteiger partial charge in [0.1, 0.15) is 11.6 Å². The van der Waals surface area contributed by atoms with Crippen LogP contribution in [0.4, 0.5) is 0 Å². The third-order valence-corrected chi connectivity index (χ3v) is 3.69. The lowest BCUT2D eigenvalue weighted by atomic mass is 9.76. The summed E-state index contributed by atoms with van der Waals surface area (Å²) in [4.78, 5) is 24.2. The molecule has 1 unspecified atom stereocenters. The second-order valence-corrected chi connectivity index (χ2v) is 6.10. The molecule has 0 bridgehead atoms. The summed E-state index contributed by atoms with van der Waals surface area (Å²) in [5, 5.41) is 0. The highest BCUT2D eigenvalue weighted by molar-refractivity contribution is 5.94. The molecule has 0 aromatic heterocycles. The molecule has 0 amide bonds. The van der Waals surface area contributed by atoms with Crippen LogP contribution >= 0.6 is 0 Å². The Kier molecular flexibility index (Phi) is 3.38. The normalized spacial score (nSPS) is 19.5. The summed E-state index contributed by atoms with van der Waals surface area (Å²) in [5.41, 5.74) is 1.92. The van der Waals surface area contributed by atoms with Gasteiger partial charge < -0.3 is 0 Å². The molecule has 0 N–H and O–H groups in total. The van der Waals surface area contributed by atoms with Crippen LogP contribution in [0.15, 0.2) is 24.3 Å². The third-order valence-electron chi connectivity index (χ3n) is 3.69. The Bertz CT molecular complexity index is 480. The lowest BCUT2D eigenvalue weighted by Crippen LogP contribution is -2.28. The van der Waals surface area contributed by atoms with Crippen molar-refractivity contribution < 1.29 is 9.59 Å². The first-order valence-corrected chi connectivity index (χ1v) is 6.53. The SMILES string of the molecule is CC(C)(C)C(=O)CC1C(=O)CCc2ccccc21. The average molecular weight is 244 g/mol. The van der Waals surface area contributed by atoms with E-state index in [-0.39, 0.29) is 22.9 Å². The van der Waals surface area contributed by atoms with Gasteiger partial charge in [-0.1, -0.05) is 45.0 Å². The molecule has 18 heavy (non-hydrogen) atoms. The van der Waals surface area contributed by atoms with Crippen molar-refractivity contribution >= 4 is 11.6 Å². The number of Topliss-reactive ketones (excluding diaryl/α,β-unsaturated/α-hetero) is 2. The average Bonchev–Trinajstić information content (AvgIpc) is 2.31. The number of aryl methyl sites for hydroxylation is 1. The zero-order chi connectivity index (χ0) is 13.3. The Balaban J connectivity index is 2.28. The molecule has 0 heterocycles. The van der Waals surface area contributed by atoms with Gasteiger partial charge in [-0.3, -0.25) is 9.59 Å². The summed E-state index contributed by atoms with van der Waals surface area (Å²) >= 11 is 0. The number of carbonyl (C=O) groups excluding carboxylic acids is 2. The van der Waals surface area contributed by atoms with Crippen molar-refractivity contribution in [1.29, 1.82) is 0 Å². The lowest BCUT2D eigenvalue weighted by molar-refractivity contribution is -0.130. The standard InChI is InChI=1S/C16H20O2/c1-16(2,3)15(18)10-13-12-7-5-4-6-11(12)8-9-14(13)17/h4-7,13H,8-10H2,1-3H3. The maximum absolute atomic E-state index is 12.1. The highest BCUT2D eigenvalue weighted by atomic mass is 16.1. The number of benzene rings is 1. The van der Waals surface area contributed by atoms with E-state index in [1.165, 1.54) is 5.56 Å². The van der Waals surface area contributed by atoms with E-state index in [0.717, 1.165) is 12.0 Å². The molecule has 0 saturated carbocycles. The molecule has 2 rings (SSSR count). The second-order valence-electron chi connectivity index (χ2n) is 6.10. The summed E-state index contributed by atoms with van der Waals surface area (Å²) in [5.74, 6) is 0.158. The van der Waals surface area contributed by atoms with E-state index in [0.29, 0.717) is 12.8 Å². The predicted molar refractivity (Wildman–Crippen MR) is 71.6 cm³/mol. The van der Waals surface area contributed by atoms with Crippen LogP contribution in [0.1, 0.15) is 50.7 Å². The monoisotopic (exact) mass is 244 g/mol. The first-order valence-electron chi connectivity index (χ1n) is 6.53. The van der Waals surface area contributed by atoms with Crippen LogP contribution in [-0.2, 0) is 16.0 Å². The second kappa shape index (κ2) is 4.68. The van der Waals surface area contributed by atoms with Crippen LogP contribution < -0.4 is 0 Å². The zero-order valence-electron chi connectivity index (χ0n) is 11.3. The molecule has 2 heteroatoms. The van der Waals surface area contributed by atoms with Crippen LogP contribution in [0.25, 0.3) is 0 Å². The Labute approximate surface area is 108 Å². The highest BCUT2D eigenvalue weighted by Crippen LogP contribution is 2.33. The van der Waals surface area contributed by atoms with Crippen LogP contribution in [0.5, 0.6) is 0 Å². The molecular weight excluding hydrogens is 224 g/mol. The van der Waals surface area contributed by atoms with E-state index < -0.39 is 0 Å². The van der Waals surface area contributed by atoms with Gasteiger partial charge in [0.2, 0.25) is 0 Å². The minimum atomic E-state index is -0.368. The fraction of sp³-hybridized carbons (Fsp3) is 0.500. The zero-order valence-corrected chi connectivity index (χ0v) is 11.3. The Morgan fingerprint density at radius 3 is 2.56 bits per heavy atom. The summed E-state index contributed by atoms with van der Waals surface area (Å²) < 4.78 is 0. The molecular formula is C16H20O2. The summed E-state index contributed by atoms with van der Waals surface area (Å²) in [6.07, 6.45) is 1.73. The van der Waals surface area contributed by atoms with Crippen LogP contribution in [-0.4, -0.2) is 11.6 Å². The molecule has 0 radical (unpaired) electrons. The Hall–Kier alpha value is -1.44. The number of carbonyl (C=O) groups is 2. The number of hydrogen-bond acceptors (Lipinski definition) is 2. The minimum absolute atomic E-state index is 0.164. The van der Waals surface area contributed by atoms with Crippen molar-refractivity contribution in [1.82, 2.24) is 0 Å².